The van der Waals surface area contributed by atoms with E-state index in [-0.39, 0.29) is 18.8 Å². The van der Waals surface area contributed by atoms with Gasteiger partial charge < -0.3 is 9.47 Å². The Morgan fingerprint density at radius 1 is 1.15 bits per heavy atom. The predicted molar refractivity (Wildman–Crippen MR) is 97.9 cm³/mol. The van der Waals surface area contributed by atoms with Crippen LogP contribution in [-0.2, 0) is 9.53 Å². The van der Waals surface area contributed by atoms with Crippen LogP contribution in [0.25, 0.3) is 6.08 Å². The van der Waals surface area contributed by atoms with Gasteiger partial charge in [0.2, 0.25) is 5.78 Å². The number of nitriles is 1. The lowest BCUT2D eigenvalue weighted by molar-refractivity contribution is -0.145. The van der Waals surface area contributed by atoms with Crippen molar-refractivity contribution in [2.45, 2.75) is 6.92 Å². The lowest BCUT2D eigenvalue weighted by atomic mass is 10.0. The summed E-state index contributed by atoms with van der Waals surface area (Å²) in [7, 11) is 0. The van der Waals surface area contributed by atoms with Crippen molar-refractivity contribution in [3.63, 3.8) is 0 Å². The Hall–Kier alpha value is -3.10. The largest absolute Gasteiger partial charge is 0.481 e. The molecule has 0 atom stereocenters. The summed E-state index contributed by atoms with van der Waals surface area (Å²) >= 11 is 5.82. The maximum atomic E-state index is 12.5. The van der Waals surface area contributed by atoms with E-state index in [1.807, 2.05) is 6.07 Å². The number of carbonyl (C=O) groups excluding carboxylic acids is 2. The van der Waals surface area contributed by atoms with E-state index >= 15 is 0 Å². The number of hydrogen-bond donors (Lipinski definition) is 0. The fourth-order valence-electron chi connectivity index (χ4n) is 2.13. The van der Waals surface area contributed by atoms with Crippen molar-refractivity contribution in [3.05, 3.63) is 70.3 Å². The minimum Gasteiger partial charge on any atom is -0.481 e. The second-order valence-electron chi connectivity index (χ2n) is 5.14. The van der Waals surface area contributed by atoms with Crippen LogP contribution in [0.5, 0.6) is 5.75 Å². The maximum Gasteiger partial charge on any atom is 0.344 e. The summed E-state index contributed by atoms with van der Waals surface area (Å²) in [5.74, 6) is -0.550. The SMILES string of the molecule is CCOC(=O)COc1ccccc1/C=C(/C#N)C(=O)c1ccc(Cl)cc1. The Morgan fingerprint density at radius 2 is 1.85 bits per heavy atom. The summed E-state index contributed by atoms with van der Waals surface area (Å²) in [6, 6.07) is 15.0. The quantitative estimate of drug-likeness (QED) is 0.318. The van der Waals surface area contributed by atoms with Gasteiger partial charge >= 0.3 is 5.97 Å². The number of hydrogen-bond acceptors (Lipinski definition) is 5. The van der Waals surface area contributed by atoms with E-state index < -0.39 is 11.8 Å². The van der Waals surface area contributed by atoms with Gasteiger partial charge in [-0.05, 0) is 43.3 Å². The van der Waals surface area contributed by atoms with Gasteiger partial charge in [0.25, 0.3) is 0 Å². The molecule has 0 aromatic heterocycles. The molecule has 0 unspecified atom stereocenters. The Kier molecular flexibility index (Phi) is 6.95. The molecule has 26 heavy (non-hydrogen) atoms. The third-order valence-corrected chi connectivity index (χ3v) is 3.59. The number of ketones is 1. The molecule has 0 saturated carbocycles. The molecule has 0 N–H and O–H groups in total. The highest BCUT2D eigenvalue weighted by Gasteiger charge is 2.14. The second-order valence-corrected chi connectivity index (χ2v) is 5.57. The van der Waals surface area contributed by atoms with E-state index in [9.17, 15) is 14.9 Å². The van der Waals surface area contributed by atoms with Crippen LogP contribution in [0.15, 0.2) is 54.1 Å². The molecule has 0 radical (unpaired) electrons. The molecule has 6 heteroatoms. The molecule has 0 spiro atoms. The number of benzene rings is 2. The topological polar surface area (TPSA) is 76.4 Å². The van der Waals surface area contributed by atoms with Crippen molar-refractivity contribution in [1.29, 1.82) is 5.26 Å². The highest BCUT2D eigenvalue weighted by Crippen LogP contribution is 2.22. The Balaban J connectivity index is 2.26. The first-order valence-corrected chi connectivity index (χ1v) is 8.22. The molecule has 0 aliphatic carbocycles. The zero-order valence-electron chi connectivity index (χ0n) is 14.1. The van der Waals surface area contributed by atoms with Crippen LogP contribution in [0, 0.1) is 11.3 Å². The molecule has 0 amide bonds. The first kappa shape index (κ1) is 19.2. The fourth-order valence-corrected chi connectivity index (χ4v) is 2.26. The summed E-state index contributed by atoms with van der Waals surface area (Å²) in [6.45, 7) is 1.71. The van der Waals surface area contributed by atoms with Crippen molar-refractivity contribution >= 4 is 29.4 Å². The number of rotatable bonds is 7. The molecule has 0 saturated heterocycles. The zero-order valence-corrected chi connectivity index (χ0v) is 14.8. The van der Waals surface area contributed by atoms with Crippen LogP contribution < -0.4 is 4.74 Å². The van der Waals surface area contributed by atoms with E-state index in [4.69, 9.17) is 21.1 Å². The van der Waals surface area contributed by atoms with E-state index in [1.165, 1.54) is 6.08 Å². The van der Waals surface area contributed by atoms with Crippen LogP contribution in [-0.4, -0.2) is 25.0 Å². The van der Waals surface area contributed by atoms with Crippen molar-refractivity contribution in [1.82, 2.24) is 0 Å². The number of carbonyl (C=O) groups is 2. The van der Waals surface area contributed by atoms with Crippen LogP contribution in [0.1, 0.15) is 22.8 Å². The van der Waals surface area contributed by atoms with Gasteiger partial charge in [0.1, 0.15) is 17.4 Å². The highest BCUT2D eigenvalue weighted by molar-refractivity contribution is 6.30. The zero-order chi connectivity index (χ0) is 18.9. The van der Waals surface area contributed by atoms with Gasteiger partial charge in [-0.3, -0.25) is 4.79 Å². The number of ether oxygens (including phenoxy) is 2. The van der Waals surface area contributed by atoms with Gasteiger partial charge in [-0.25, -0.2) is 4.79 Å². The summed E-state index contributed by atoms with van der Waals surface area (Å²) in [6.07, 6.45) is 1.43. The molecule has 132 valence electrons. The molecule has 5 nitrogen and oxygen atoms in total. The Labute approximate surface area is 156 Å². The number of esters is 1. The van der Waals surface area contributed by atoms with Gasteiger partial charge in [0.15, 0.2) is 6.61 Å². The molecule has 0 bridgehead atoms. The maximum absolute atomic E-state index is 12.5. The Morgan fingerprint density at radius 3 is 2.50 bits per heavy atom. The van der Waals surface area contributed by atoms with Crippen LogP contribution in [0.2, 0.25) is 5.02 Å². The molecule has 0 aliphatic heterocycles. The van der Waals surface area contributed by atoms with E-state index in [2.05, 4.69) is 0 Å². The number of Topliss-reactive ketones (excluding diaryl/α,β-unsaturated/α-hetero) is 1. The normalized spacial score (nSPS) is 10.7. The number of para-hydroxylation sites is 1. The van der Waals surface area contributed by atoms with Gasteiger partial charge in [-0.1, -0.05) is 29.8 Å². The van der Waals surface area contributed by atoms with Crippen molar-refractivity contribution in [3.8, 4) is 11.8 Å². The van der Waals surface area contributed by atoms with Crippen LogP contribution in [0.4, 0.5) is 0 Å². The van der Waals surface area contributed by atoms with Crippen molar-refractivity contribution < 1.29 is 19.1 Å². The van der Waals surface area contributed by atoms with E-state index in [1.54, 1.807) is 55.5 Å². The lowest BCUT2D eigenvalue weighted by Crippen LogP contribution is -2.15. The standard InChI is InChI=1S/C20H16ClNO4/c1-2-25-19(23)13-26-18-6-4-3-5-15(18)11-16(12-22)20(24)14-7-9-17(21)10-8-14/h3-11H,2,13H2,1H3/b16-11-. The summed E-state index contributed by atoms with van der Waals surface area (Å²) in [5, 5.41) is 9.87. The number of allylic oxidation sites excluding steroid dienone is 1. The van der Waals surface area contributed by atoms with Crippen LogP contribution >= 0.6 is 11.6 Å². The van der Waals surface area contributed by atoms with Crippen LogP contribution in [0.3, 0.4) is 0 Å². The minimum absolute atomic E-state index is 0.0560. The summed E-state index contributed by atoms with van der Waals surface area (Å²) < 4.78 is 10.3. The van der Waals surface area contributed by atoms with E-state index in [0.717, 1.165) is 0 Å². The molecule has 2 rings (SSSR count). The van der Waals surface area contributed by atoms with Crippen molar-refractivity contribution in [2.24, 2.45) is 0 Å². The minimum atomic E-state index is -0.496. The first-order chi connectivity index (χ1) is 12.5. The number of halogens is 1. The molecule has 2 aromatic carbocycles. The lowest BCUT2D eigenvalue weighted by Gasteiger charge is -2.09. The predicted octanol–water partition coefficient (Wildman–Crippen LogP) is 4.07. The molecular formula is C20H16ClNO4. The monoisotopic (exact) mass is 369 g/mol. The van der Waals surface area contributed by atoms with Gasteiger partial charge in [0.05, 0.1) is 6.61 Å². The van der Waals surface area contributed by atoms with Gasteiger partial charge in [0, 0.05) is 16.1 Å². The fraction of sp³-hybridized carbons (Fsp3) is 0.150. The molecular weight excluding hydrogens is 354 g/mol. The third-order valence-electron chi connectivity index (χ3n) is 3.34. The molecule has 0 aliphatic rings. The smallest absolute Gasteiger partial charge is 0.344 e. The Bertz CT molecular complexity index is 866. The van der Waals surface area contributed by atoms with Gasteiger partial charge in [-0.15, -0.1) is 0 Å². The highest BCUT2D eigenvalue weighted by atomic mass is 35.5. The summed E-state index contributed by atoms with van der Waals surface area (Å²) in [4.78, 5) is 24.0. The van der Waals surface area contributed by atoms with Crippen molar-refractivity contribution in [2.75, 3.05) is 13.2 Å². The third kappa shape index (κ3) is 5.20. The molecule has 0 heterocycles. The first-order valence-electron chi connectivity index (χ1n) is 7.84. The second kappa shape index (κ2) is 9.40. The number of nitrogens with zero attached hydrogens (tertiary/aromatic N) is 1. The molecule has 0 fully saturated rings. The summed E-state index contributed by atoms with van der Waals surface area (Å²) in [5.41, 5.74) is 0.808. The molecule has 2 aromatic rings. The van der Waals surface area contributed by atoms with Gasteiger partial charge in [-0.2, -0.15) is 5.26 Å². The van der Waals surface area contributed by atoms with E-state index in [0.29, 0.717) is 21.9 Å². The average Bonchev–Trinajstić information content (AvgIpc) is 2.65. The average molecular weight is 370 g/mol.